The van der Waals surface area contributed by atoms with E-state index in [1.54, 1.807) is 39.8 Å². The molecule has 8 heteroatoms. The van der Waals surface area contributed by atoms with Crippen LogP contribution in [-0.4, -0.2) is 19.5 Å². The van der Waals surface area contributed by atoms with Gasteiger partial charge in [-0.15, -0.1) is 0 Å². The van der Waals surface area contributed by atoms with Gasteiger partial charge in [0.2, 0.25) is 0 Å². The van der Waals surface area contributed by atoms with E-state index in [9.17, 15) is 13.2 Å². The first-order valence-electron chi connectivity index (χ1n) is 8.74. The van der Waals surface area contributed by atoms with E-state index in [1.807, 2.05) is 30.3 Å². The van der Waals surface area contributed by atoms with Crippen LogP contribution >= 0.6 is 0 Å². The van der Waals surface area contributed by atoms with Crippen molar-refractivity contribution in [2.24, 2.45) is 5.41 Å². The number of sulfonamides is 1. The number of amides is 1. The van der Waals surface area contributed by atoms with Crippen LogP contribution in [0, 0.1) is 12.3 Å². The second-order valence-corrected chi connectivity index (χ2v) is 9.08. The van der Waals surface area contributed by atoms with Crippen LogP contribution < -0.4 is 29.6 Å². The SMILES string of the molecule is Cc1onc(-c2ccccc2)c1-c1ccc(S(=O)(=O)[N-]C(=O)C(C)(C)C)cc1.[Na+]. The Balaban J connectivity index is 0.00000300. The minimum Gasteiger partial charge on any atom is -0.541 e. The third kappa shape index (κ3) is 5.17. The van der Waals surface area contributed by atoms with Gasteiger partial charge in [0.1, 0.15) is 21.5 Å². The van der Waals surface area contributed by atoms with Gasteiger partial charge in [0.15, 0.2) is 0 Å². The monoisotopic (exact) mass is 420 g/mol. The van der Waals surface area contributed by atoms with E-state index in [-0.39, 0.29) is 34.5 Å². The van der Waals surface area contributed by atoms with E-state index in [2.05, 4.69) is 9.88 Å². The first-order valence-corrected chi connectivity index (χ1v) is 10.2. The van der Waals surface area contributed by atoms with Crippen molar-refractivity contribution in [1.82, 2.24) is 5.16 Å². The summed E-state index contributed by atoms with van der Waals surface area (Å²) in [5.41, 5.74) is 2.27. The number of hydrogen-bond acceptors (Lipinski definition) is 5. The molecule has 0 atom stereocenters. The van der Waals surface area contributed by atoms with Gasteiger partial charge in [-0.25, -0.2) is 8.42 Å². The maximum Gasteiger partial charge on any atom is 1.00 e. The Bertz CT molecular complexity index is 1100. The zero-order valence-electron chi connectivity index (χ0n) is 17.1. The molecule has 1 amide bonds. The van der Waals surface area contributed by atoms with Gasteiger partial charge in [-0.1, -0.05) is 68.4 Å². The van der Waals surface area contributed by atoms with E-state index < -0.39 is 21.3 Å². The van der Waals surface area contributed by atoms with Crippen LogP contribution in [-0.2, 0) is 14.8 Å². The number of aromatic nitrogens is 1. The van der Waals surface area contributed by atoms with Gasteiger partial charge < -0.3 is 14.0 Å². The topological polar surface area (TPSA) is 91.3 Å². The molecule has 0 aliphatic carbocycles. The average Bonchev–Trinajstić information content (AvgIpc) is 3.03. The molecule has 0 aliphatic rings. The molecule has 3 aromatic rings. The van der Waals surface area contributed by atoms with E-state index in [0.29, 0.717) is 11.5 Å². The van der Waals surface area contributed by atoms with Crippen molar-refractivity contribution in [3.05, 3.63) is 65.1 Å². The Morgan fingerprint density at radius 1 is 0.966 bits per heavy atom. The Morgan fingerprint density at radius 2 is 1.55 bits per heavy atom. The number of hydrogen-bond donors (Lipinski definition) is 0. The first kappa shape index (κ1) is 23.3. The molecular weight excluding hydrogens is 399 g/mol. The molecule has 0 radical (unpaired) electrons. The molecular formula is C21H21N2NaO4S. The van der Waals surface area contributed by atoms with Gasteiger partial charge >= 0.3 is 29.6 Å². The molecule has 146 valence electrons. The van der Waals surface area contributed by atoms with Crippen molar-refractivity contribution in [2.75, 3.05) is 0 Å². The summed E-state index contributed by atoms with van der Waals surface area (Å²) in [7, 11) is -4.06. The van der Waals surface area contributed by atoms with Crippen molar-refractivity contribution < 1.29 is 47.3 Å². The number of carbonyl (C=O) groups excluding carboxylic acids is 1. The largest absolute Gasteiger partial charge is 1.00 e. The molecule has 0 aliphatic heterocycles. The fraction of sp³-hybridized carbons (Fsp3) is 0.238. The molecule has 29 heavy (non-hydrogen) atoms. The zero-order chi connectivity index (χ0) is 20.5. The smallest absolute Gasteiger partial charge is 0.541 e. The van der Waals surface area contributed by atoms with Gasteiger partial charge in [-0.3, -0.25) is 0 Å². The average molecular weight is 420 g/mol. The fourth-order valence-electron chi connectivity index (χ4n) is 2.60. The summed E-state index contributed by atoms with van der Waals surface area (Å²) in [5, 5.41) is 4.14. The molecule has 0 saturated heterocycles. The maximum atomic E-state index is 12.4. The summed E-state index contributed by atoms with van der Waals surface area (Å²) in [6.07, 6.45) is 0. The van der Waals surface area contributed by atoms with Crippen molar-refractivity contribution in [2.45, 2.75) is 32.6 Å². The molecule has 0 saturated carbocycles. The van der Waals surface area contributed by atoms with E-state index in [0.717, 1.165) is 16.7 Å². The van der Waals surface area contributed by atoms with Gasteiger partial charge in [0.25, 0.3) is 0 Å². The van der Waals surface area contributed by atoms with Gasteiger partial charge in [-0.05, 0) is 24.6 Å². The summed E-state index contributed by atoms with van der Waals surface area (Å²) in [6.45, 7) is 6.67. The van der Waals surface area contributed by atoms with Gasteiger partial charge in [-0.2, -0.15) is 0 Å². The predicted octanol–water partition coefficient (Wildman–Crippen LogP) is 1.96. The van der Waals surface area contributed by atoms with Crippen molar-refractivity contribution in [3.63, 3.8) is 0 Å². The van der Waals surface area contributed by atoms with Crippen molar-refractivity contribution in [3.8, 4) is 22.4 Å². The van der Waals surface area contributed by atoms with Crippen LogP contribution in [0.2, 0.25) is 0 Å². The molecule has 3 rings (SSSR count). The third-order valence-electron chi connectivity index (χ3n) is 4.20. The zero-order valence-corrected chi connectivity index (χ0v) is 19.9. The van der Waals surface area contributed by atoms with Crippen LogP contribution in [0.1, 0.15) is 26.5 Å². The molecule has 1 heterocycles. The summed E-state index contributed by atoms with van der Waals surface area (Å²) < 4.78 is 33.6. The molecule has 1 aromatic heterocycles. The summed E-state index contributed by atoms with van der Waals surface area (Å²) in [4.78, 5) is 11.9. The number of aryl methyl sites for hydroxylation is 1. The van der Waals surface area contributed by atoms with Crippen molar-refractivity contribution in [1.29, 1.82) is 0 Å². The Hall–Kier alpha value is -1.93. The summed E-state index contributed by atoms with van der Waals surface area (Å²) >= 11 is 0. The second-order valence-electron chi connectivity index (χ2n) is 7.47. The van der Waals surface area contributed by atoms with Crippen LogP contribution in [0.3, 0.4) is 0 Å². The van der Waals surface area contributed by atoms with Crippen molar-refractivity contribution >= 4 is 15.9 Å². The Labute approximate surface area is 193 Å². The van der Waals surface area contributed by atoms with Gasteiger partial charge in [0, 0.05) is 11.0 Å². The minimum absolute atomic E-state index is 0. The summed E-state index contributed by atoms with van der Waals surface area (Å²) in [6, 6.07) is 15.8. The number of rotatable bonds is 4. The van der Waals surface area contributed by atoms with E-state index in [4.69, 9.17) is 4.52 Å². The Morgan fingerprint density at radius 3 is 2.10 bits per heavy atom. The molecule has 0 unspecified atom stereocenters. The molecule has 2 aromatic carbocycles. The fourth-order valence-corrected chi connectivity index (χ4v) is 3.68. The normalized spacial score (nSPS) is 11.6. The molecule has 0 N–H and O–H groups in total. The van der Waals surface area contributed by atoms with Gasteiger partial charge in [0.05, 0.1) is 16.4 Å². The van der Waals surface area contributed by atoms with Crippen LogP contribution in [0.25, 0.3) is 27.1 Å². The molecule has 0 fully saturated rings. The first-order chi connectivity index (χ1) is 13.1. The predicted molar refractivity (Wildman–Crippen MR) is 107 cm³/mol. The standard InChI is InChI=1S/C21H22N2O4S.Na/c1-14-18(19(22-27-14)16-8-6-5-7-9-16)15-10-12-17(13-11-15)28(25,26)23-20(24)21(2,3)4;/h5-13H,1-4H3,(H,23,24);/q;+1/p-1. The number of nitrogens with zero attached hydrogens (tertiary/aromatic N) is 2. The minimum atomic E-state index is -4.06. The maximum absolute atomic E-state index is 12.4. The molecule has 0 bridgehead atoms. The second kappa shape index (κ2) is 8.83. The van der Waals surface area contributed by atoms with Crippen LogP contribution in [0.4, 0.5) is 0 Å². The van der Waals surface area contributed by atoms with Crippen LogP contribution in [0.5, 0.6) is 0 Å². The Kier molecular flexibility index (Phi) is 7.11. The molecule has 6 nitrogen and oxygen atoms in total. The summed E-state index contributed by atoms with van der Waals surface area (Å²) in [5.74, 6) is -0.0557. The third-order valence-corrected chi connectivity index (χ3v) is 5.47. The number of carbonyl (C=O) groups is 1. The molecule has 0 spiro atoms. The quantitative estimate of drug-likeness (QED) is 0.602. The van der Waals surface area contributed by atoms with Crippen LogP contribution in [0.15, 0.2) is 64.0 Å². The van der Waals surface area contributed by atoms with E-state index in [1.165, 1.54) is 12.1 Å². The number of benzene rings is 2. The van der Waals surface area contributed by atoms with E-state index >= 15 is 0 Å².